The summed E-state index contributed by atoms with van der Waals surface area (Å²) in [4.78, 5) is 98.2. The van der Waals surface area contributed by atoms with Crippen molar-refractivity contribution < 1.29 is 73.8 Å². The van der Waals surface area contributed by atoms with Gasteiger partial charge in [-0.15, -0.1) is 0 Å². The predicted octanol–water partition coefficient (Wildman–Crippen LogP) is 4.47. The van der Waals surface area contributed by atoms with Crippen molar-refractivity contribution in [1.29, 1.82) is 0 Å². The number of carboxylic acid groups (broad SMARTS) is 6. The van der Waals surface area contributed by atoms with Gasteiger partial charge in [0.25, 0.3) is 0 Å². The molecule has 0 aliphatic rings. The average molecular weight is 970 g/mol. The Morgan fingerprint density at radius 1 is 0.328 bits per heavy atom. The third-order valence-corrected chi connectivity index (χ3v) is 10.5. The quantitative estimate of drug-likeness (QED) is 0.0363. The predicted molar refractivity (Wildman–Crippen MR) is 249 cm³/mol. The molecule has 0 bridgehead atoms. The Balaban J connectivity index is -0.000000441. The van der Waals surface area contributed by atoms with Crippen LogP contribution in [0.25, 0.3) is 0 Å². The van der Waals surface area contributed by atoms with Gasteiger partial charge in [0.2, 0.25) is 17.7 Å². The zero-order chi connectivity index (χ0) is 50.4. The summed E-state index contributed by atoms with van der Waals surface area (Å²) >= 11 is 0. The zero-order valence-corrected chi connectivity index (χ0v) is 42.0. The summed E-state index contributed by atoms with van der Waals surface area (Å²) in [6, 6.07) is -4.37. The van der Waals surface area contributed by atoms with Crippen molar-refractivity contribution in [1.82, 2.24) is 16.0 Å². The summed E-state index contributed by atoms with van der Waals surface area (Å²) in [7, 11) is 0. The van der Waals surface area contributed by atoms with E-state index in [-0.39, 0.29) is 36.6 Å². The second-order valence-corrected chi connectivity index (χ2v) is 16.8. The van der Waals surface area contributed by atoms with Gasteiger partial charge in [-0.2, -0.15) is 0 Å². The molecule has 0 aliphatic carbocycles. The van der Waals surface area contributed by atoms with E-state index < -0.39 is 90.9 Å². The van der Waals surface area contributed by atoms with E-state index >= 15 is 0 Å². The molecule has 18 nitrogen and oxygen atoms in total. The van der Waals surface area contributed by atoms with Gasteiger partial charge in [-0.25, -0.2) is 0 Å². The van der Waals surface area contributed by atoms with Crippen LogP contribution < -0.4 is 31.3 Å². The van der Waals surface area contributed by atoms with Crippen molar-refractivity contribution in [3.63, 3.8) is 0 Å². The first-order chi connectivity index (χ1) is 31.4. The summed E-state index contributed by atoms with van der Waals surface area (Å²) in [6.07, 6.45) is 29.1. The third-order valence-electron chi connectivity index (χ3n) is 10.5. The maximum atomic E-state index is 11.6. The molecule has 0 rings (SSSR count). The number of amides is 3. The summed E-state index contributed by atoms with van der Waals surface area (Å²) in [5.74, 6) is -9.84. The van der Waals surface area contributed by atoms with Crippen molar-refractivity contribution in [2.24, 2.45) is 0 Å². The molecule has 0 unspecified atom stereocenters. The minimum absolute atomic E-state index is 0. The number of carbonyl (C=O) groups is 9. The zero-order valence-electron chi connectivity index (χ0n) is 40.9. The minimum atomic E-state index is -1.57. The summed E-state index contributed by atoms with van der Waals surface area (Å²) < 4.78 is 0. The number of rotatable bonds is 42. The molecule has 6 N–H and O–H groups in total. The van der Waals surface area contributed by atoms with E-state index in [0.29, 0.717) is 19.3 Å². The van der Waals surface area contributed by atoms with Crippen LogP contribution in [0.1, 0.15) is 233 Å². The monoisotopic (exact) mass is 970 g/mol. The van der Waals surface area contributed by atoms with Crippen LogP contribution in [0.3, 0.4) is 0 Å². The molecule has 0 aromatic heterocycles. The van der Waals surface area contributed by atoms with Crippen molar-refractivity contribution >= 4 is 70.9 Å². The third kappa shape index (κ3) is 52.6. The van der Waals surface area contributed by atoms with Gasteiger partial charge in [-0.3, -0.25) is 28.8 Å². The van der Waals surface area contributed by atoms with Gasteiger partial charge in [-0.05, 0) is 19.3 Å². The van der Waals surface area contributed by atoms with Gasteiger partial charge >= 0.3 is 35.3 Å². The first kappa shape index (κ1) is 69.3. The fourth-order valence-corrected chi connectivity index (χ4v) is 6.69. The maximum Gasteiger partial charge on any atom is 3.00 e. The standard InChI is InChI=1S/3C16H29NO5.Al/c3*1-2-3-4-5-6-7-8-9-10-11-14(18)17-13(16(21)22)12-15(19)20;/h3*13H,2-12H2,1H3,(H,17,18)(H,19,20)(H,21,22);/q;;;+3/p-3/t3*13-;/m000./s1. The molecule has 19 heteroatoms. The molecule has 0 saturated heterocycles. The first-order valence-electron chi connectivity index (χ1n) is 24.6. The average Bonchev–Trinajstić information content (AvgIpc) is 3.23. The number of hydrogen-bond acceptors (Lipinski definition) is 12. The molecule has 3 amide bonds. The molecule has 0 spiro atoms. The normalized spacial score (nSPS) is 11.7. The van der Waals surface area contributed by atoms with E-state index in [1.165, 1.54) is 96.3 Å². The van der Waals surface area contributed by atoms with Crippen LogP contribution in [0.4, 0.5) is 0 Å². The van der Waals surface area contributed by atoms with Gasteiger partial charge in [0.15, 0.2) is 0 Å². The molecule has 0 aliphatic heterocycles. The Morgan fingerprint density at radius 2 is 0.493 bits per heavy atom. The number of unbranched alkanes of at least 4 members (excludes halogenated alkanes) is 24. The second kappa shape index (κ2) is 49.7. The first-order valence-corrected chi connectivity index (χ1v) is 24.6. The van der Waals surface area contributed by atoms with Crippen LogP contribution in [0, 0.1) is 0 Å². The second-order valence-electron chi connectivity index (χ2n) is 16.8. The van der Waals surface area contributed by atoms with Gasteiger partial charge in [0, 0.05) is 19.3 Å². The van der Waals surface area contributed by atoms with Crippen LogP contribution >= 0.6 is 0 Å². The molecule has 67 heavy (non-hydrogen) atoms. The van der Waals surface area contributed by atoms with E-state index in [2.05, 4.69) is 36.7 Å². The molecular formula is C48H84AlN3O15. The van der Waals surface area contributed by atoms with Gasteiger partial charge in [-0.1, -0.05) is 175 Å². The van der Waals surface area contributed by atoms with Gasteiger partial charge in [0.05, 0.1) is 55.3 Å². The van der Waals surface area contributed by atoms with E-state index in [1.807, 2.05) is 0 Å². The smallest absolute Gasteiger partial charge is 0.548 e. The van der Waals surface area contributed by atoms with E-state index in [1.54, 1.807) is 0 Å². The summed E-state index contributed by atoms with van der Waals surface area (Å²) in [5, 5.41) is 64.3. The molecule has 0 saturated carbocycles. The Hall–Kier alpha value is -4.24. The largest absolute Gasteiger partial charge is 3.00 e. The van der Waals surface area contributed by atoms with E-state index in [9.17, 15) is 58.5 Å². The number of hydrogen-bond donors (Lipinski definition) is 6. The van der Waals surface area contributed by atoms with Gasteiger partial charge in [0.1, 0.15) is 0 Å². The molecule has 3 atom stereocenters. The van der Waals surface area contributed by atoms with Crippen LogP contribution in [-0.4, -0.2) is 104 Å². The van der Waals surface area contributed by atoms with Crippen molar-refractivity contribution in [2.45, 2.75) is 251 Å². The topological polar surface area (TPSA) is 320 Å². The molecular weight excluding hydrogens is 886 g/mol. The molecule has 384 valence electrons. The number of carboxylic acids is 6. The van der Waals surface area contributed by atoms with E-state index in [4.69, 9.17) is 15.3 Å². The Labute approximate surface area is 410 Å². The molecule has 0 heterocycles. The molecule has 0 radical (unpaired) electrons. The van der Waals surface area contributed by atoms with Crippen molar-refractivity contribution in [3.05, 3.63) is 0 Å². The van der Waals surface area contributed by atoms with Crippen LogP contribution in [0.2, 0.25) is 0 Å². The molecule has 0 aromatic rings. The van der Waals surface area contributed by atoms with Crippen LogP contribution in [-0.2, 0) is 43.2 Å². The SMILES string of the molecule is CCCCCCCCCCCC(=O)N[C@@H](CC(=O)O)C(=O)[O-].CCCCCCCCCCCC(=O)N[C@@H](CC(=O)O)C(=O)[O-].CCCCCCCCCCCC(=O)N[C@@H](CC(=O)O)C(=O)[O-].[Al+3]. The summed E-state index contributed by atoms with van der Waals surface area (Å²) in [6.45, 7) is 6.56. The fourth-order valence-electron chi connectivity index (χ4n) is 6.69. The number of carbonyl (C=O) groups excluding carboxylic acids is 6. The van der Waals surface area contributed by atoms with Crippen LogP contribution in [0.15, 0.2) is 0 Å². The Kier molecular flexibility index (Phi) is 51.4. The molecule has 0 fully saturated rings. The van der Waals surface area contributed by atoms with Gasteiger partial charge < -0.3 is 61.0 Å². The maximum absolute atomic E-state index is 11.6. The number of aliphatic carboxylic acids is 6. The fraction of sp³-hybridized carbons (Fsp3) is 0.812. The Bertz CT molecular complexity index is 1190. The number of nitrogens with one attached hydrogen (secondary N) is 3. The Morgan fingerprint density at radius 3 is 0.642 bits per heavy atom. The van der Waals surface area contributed by atoms with E-state index in [0.717, 1.165) is 57.8 Å². The van der Waals surface area contributed by atoms with Crippen molar-refractivity contribution in [3.8, 4) is 0 Å². The van der Waals surface area contributed by atoms with Crippen molar-refractivity contribution in [2.75, 3.05) is 0 Å². The minimum Gasteiger partial charge on any atom is -0.548 e. The van der Waals surface area contributed by atoms with Crippen LogP contribution in [0.5, 0.6) is 0 Å². The molecule has 0 aromatic carbocycles. The summed E-state index contributed by atoms with van der Waals surface area (Å²) in [5.41, 5.74) is 0.